The molecule has 0 amide bonds. The van der Waals surface area contributed by atoms with Crippen LogP contribution in [0.5, 0.6) is 0 Å². The van der Waals surface area contributed by atoms with E-state index in [1.165, 1.54) is 6.92 Å². The summed E-state index contributed by atoms with van der Waals surface area (Å²) in [4.78, 5) is 11.0. The molecule has 0 spiro atoms. The fourth-order valence-electron chi connectivity index (χ4n) is 1.84. The Balaban J connectivity index is 2.63. The highest BCUT2D eigenvalue weighted by Gasteiger charge is 2.36. The zero-order chi connectivity index (χ0) is 8.48. The largest absolute Gasteiger partial charge is 0.382 e. The predicted molar refractivity (Wildman–Crippen MR) is 43.3 cm³/mol. The summed E-state index contributed by atoms with van der Waals surface area (Å²) in [5.74, 6) is 0.432. The summed E-state index contributed by atoms with van der Waals surface area (Å²) in [6, 6.07) is 0. The van der Waals surface area contributed by atoms with E-state index in [0.29, 0.717) is 18.8 Å². The van der Waals surface area contributed by atoms with Crippen LogP contribution >= 0.6 is 0 Å². The molecule has 0 aromatic heterocycles. The van der Waals surface area contributed by atoms with Gasteiger partial charge in [-0.1, -0.05) is 13.3 Å². The number of Topliss-reactive ketones (excluding diaryl/α,β-unsaturated/α-hetero) is 1. The third-order valence-electron chi connectivity index (χ3n) is 2.63. The molecule has 0 saturated heterocycles. The normalized spacial score (nSPS) is 38.6. The van der Waals surface area contributed by atoms with Crippen molar-refractivity contribution in [3.05, 3.63) is 0 Å². The van der Waals surface area contributed by atoms with Crippen molar-refractivity contribution in [1.29, 1.82) is 0 Å². The summed E-state index contributed by atoms with van der Waals surface area (Å²) in [7, 11) is 0. The Morgan fingerprint density at radius 1 is 1.64 bits per heavy atom. The lowest BCUT2D eigenvalue weighted by Crippen LogP contribution is -2.41. The first-order chi connectivity index (χ1) is 5.04. The van der Waals surface area contributed by atoms with Gasteiger partial charge in [-0.15, -0.1) is 0 Å². The topological polar surface area (TPSA) is 37.3 Å². The second-order valence-corrected chi connectivity index (χ2v) is 3.79. The second kappa shape index (κ2) is 2.94. The summed E-state index contributed by atoms with van der Waals surface area (Å²) in [5, 5.41) is 9.77. The van der Waals surface area contributed by atoms with E-state index in [9.17, 15) is 9.90 Å². The summed E-state index contributed by atoms with van der Waals surface area (Å²) >= 11 is 0. The van der Waals surface area contributed by atoms with Gasteiger partial charge in [0.2, 0.25) is 0 Å². The van der Waals surface area contributed by atoms with Gasteiger partial charge in [-0.2, -0.15) is 0 Å². The molecule has 2 heteroatoms. The lowest BCUT2D eigenvalue weighted by Gasteiger charge is -2.33. The number of aliphatic hydroxyl groups is 1. The first-order valence-electron chi connectivity index (χ1n) is 4.28. The maximum atomic E-state index is 11.0. The molecule has 0 bridgehead atoms. The molecule has 0 aromatic carbocycles. The number of carbonyl (C=O) groups is 1. The van der Waals surface area contributed by atoms with Gasteiger partial charge < -0.3 is 5.11 Å². The molecule has 1 rings (SSSR count). The summed E-state index contributed by atoms with van der Waals surface area (Å²) in [6.45, 7) is 3.57. The predicted octanol–water partition coefficient (Wildman–Crippen LogP) is 1.52. The van der Waals surface area contributed by atoms with E-state index in [0.717, 1.165) is 12.8 Å². The molecule has 0 heterocycles. The first-order valence-corrected chi connectivity index (χ1v) is 4.28. The van der Waals surface area contributed by atoms with Gasteiger partial charge in [0.15, 0.2) is 5.78 Å². The van der Waals surface area contributed by atoms with Crippen LogP contribution in [-0.4, -0.2) is 16.5 Å². The van der Waals surface area contributed by atoms with Crippen LogP contribution in [-0.2, 0) is 4.79 Å². The van der Waals surface area contributed by atoms with Crippen LogP contribution in [0.25, 0.3) is 0 Å². The molecule has 0 unspecified atom stereocenters. The number of carbonyl (C=O) groups excluding carboxylic acids is 1. The SMILES string of the molecule is CC(=O)[C@]1(O)CCC[C@H](C)C1. The highest BCUT2D eigenvalue weighted by atomic mass is 16.3. The van der Waals surface area contributed by atoms with Gasteiger partial charge in [-0.3, -0.25) is 4.79 Å². The number of ketones is 1. The molecule has 0 aliphatic heterocycles. The lowest BCUT2D eigenvalue weighted by molar-refractivity contribution is -0.139. The second-order valence-electron chi connectivity index (χ2n) is 3.79. The Morgan fingerprint density at radius 3 is 2.64 bits per heavy atom. The third kappa shape index (κ3) is 1.80. The average molecular weight is 156 g/mol. The highest BCUT2D eigenvalue weighted by Crippen LogP contribution is 2.32. The van der Waals surface area contributed by atoms with E-state index in [-0.39, 0.29) is 5.78 Å². The van der Waals surface area contributed by atoms with Gasteiger partial charge in [-0.25, -0.2) is 0 Å². The molecule has 1 N–H and O–H groups in total. The van der Waals surface area contributed by atoms with Crippen LogP contribution in [0.3, 0.4) is 0 Å². The van der Waals surface area contributed by atoms with Crippen molar-refractivity contribution in [3.63, 3.8) is 0 Å². The standard InChI is InChI=1S/C9H16O2/c1-7-4-3-5-9(11,6-7)8(2)10/h7,11H,3-6H2,1-2H3/t7-,9-/m0/s1. The van der Waals surface area contributed by atoms with Crippen molar-refractivity contribution in [2.24, 2.45) is 5.92 Å². The summed E-state index contributed by atoms with van der Waals surface area (Å²) in [6.07, 6.45) is 3.45. The molecule has 1 aliphatic carbocycles. The van der Waals surface area contributed by atoms with Crippen LogP contribution < -0.4 is 0 Å². The van der Waals surface area contributed by atoms with E-state index < -0.39 is 5.60 Å². The Kier molecular flexibility index (Phi) is 2.33. The fraction of sp³-hybridized carbons (Fsp3) is 0.889. The molecule has 11 heavy (non-hydrogen) atoms. The van der Waals surface area contributed by atoms with Gasteiger partial charge in [-0.05, 0) is 32.1 Å². The minimum absolute atomic E-state index is 0.0657. The molecule has 1 saturated carbocycles. The Hall–Kier alpha value is -0.370. The molecule has 1 fully saturated rings. The van der Waals surface area contributed by atoms with Gasteiger partial charge >= 0.3 is 0 Å². The molecule has 0 radical (unpaired) electrons. The monoisotopic (exact) mass is 156 g/mol. The van der Waals surface area contributed by atoms with Crippen LogP contribution in [0.1, 0.15) is 39.5 Å². The van der Waals surface area contributed by atoms with Gasteiger partial charge in [0.25, 0.3) is 0 Å². The zero-order valence-electron chi connectivity index (χ0n) is 7.26. The van der Waals surface area contributed by atoms with Crippen LogP contribution in [0.4, 0.5) is 0 Å². The van der Waals surface area contributed by atoms with E-state index in [1.807, 2.05) is 0 Å². The average Bonchev–Trinajstić information content (AvgIpc) is 1.86. The van der Waals surface area contributed by atoms with Gasteiger partial charge in [0.05, 0.1) is 0 Å². The molecule has 0 aromatic rings. The van der Waals surface area contributed by atoms with Crippen molar-refractivity contribution in [2.75, 3.05) is 0 Å². The quantitative estimate of drug-likeness (QED) is 0.625. The van der Waals surface area contributed by atoms with Crippen molar-refractivity contribution in [3.8, 4) is 0 Å². The molecule has 2 nitrogen and oxygen atoms in total. The Morgan fingerprint density at radius 2 is 2.27 bits per heavy atom. The molecular formula is C9H16O2. The van der Waals surface area contributed by atoms with Gasteiger partial charge in [0.1, 0.15) is 5.60 Å². The number of hydrogen-bond donors (Lipinski definition) is 1. The van der Waals surface area contributed by atoms with Crippen molar-refractivity contribution >= 4 is 5.78 Å². The first kappa shape index (κ1) is 8.72. The molecule has 1 aliphatic rings. The van der Waals surface area contributed by atoms with Crippen molar-refractivity contribution in [2.45, 2.75) is 45.1 Å². The van der Waals surface area contributed by atoms with Gasteiger partial charge in [0, 0.05) is 0 Å². The number of rotatable bonds is 1. The molecule has 2 atom stereocenters. The Bertz CT molecular complexity index is 165. The van der Waals surface area contributed by atoms with E-state index in [1.54, 1.807) is 0 Å². The van der Waals surface area contributed by atoms with Crippen molar-refractivity contribution < 1.29 is 9.90 Å². The summed E-state index contributed by atoms with van der Waals surface area (Å²) < 4.78 is 0. The highest BCUT2D eigenvalue weighted by molar-refractivity contribution is 5.84. The zero-order valence-corrected chi connectivity index (χ0v) is 7.26. The minimum atomic E-state index is -0.988. The van der Waals surface area contributed by atoms with E-state index in [4.69, 9.17) is 0 Å². The third-order valence-corrected chi connectivity index (χ3v) is 2.63. The maximum Gasteiger partial charge on any atom is 0.161 e. The van der Waals surface area contributed by atoms with Crippen LogP contribution in [0.2, 0.25) is 0 Å². The summed E-state index contributed by atoms with van der Waals surface area (Å²) in [5.41, 5.74) is -0.988. The van der Waals surface area contributed by atoms with Crippen molar-refractivity contribution in [1.82, 2.24) is 0 Å². The smallest absolute Gasteiger partial charge is 0.161 e. The maximum absolute atomic E-state index is 11.0. The van der Waals surface area contributed by atoms with Crippen LogP contribution in [0, 0.1) is 5.92 Å². The fourth-order valence-corrected chi connectivity index (χ4v) is 1.84. The van der Waals surface area contributed by atoms with E-state index >= 15 is 0 Å². The van der Waals surface area contributed by atoms with E-state index in [2.05, 4.69) is 6.92 Å². The minimum Gasteiger partial charge on any atom is -0.382 e. The molecule has 64 valence electrons. The number of hydrogen-bond acceptors (Lipinski definition) is 2. The van der Waals surface area contributed by atoms with Crippen LogP contribution in [0.15, 0.2) is 0 Å². The molecular weight excluding hydrogens is 140 g/mol. The Labute approximate surface area is 67.6 Å². The lowest BCUT2D eigenvalue weighted by atomic mass is 9.77.